The van der Waals surface area contributed by atoms with Gasteiger partial charge in [0.05, 0.1) is 17.0 Å². The zero-order chi connectivity index (χ0) is 21.0. The van der Waals surface area contributed by atoms with Crippen LogP contribution in [0.3, 0.4) is 0 Å². The number of phenols is 1. The molecule has 0 bridgehead atoms. The van der Waals surface area contributed by atoms with Gasteiger partial charge in [-0.1, -0.05) is 28.1 Å². The summed E-state index contributed by atoms with van der Waals surface area (Å²) < 4.78 is 20.1. The lowest BCUT2D eigenvalue weighted by atomic mass is 9.98. The van der Waals surface area contributed by atoms with E-state index in [9.17, 15) is 19.1 Å². The van der Waals surface area contributed by atoms with Crippen LogP contribution in [0.2, 0.25) is 0 Å². The van der Waals surface area contributed by atoms with Crippen molar-refractivity contribution in [2.24, 2.45) is 0 Å². The van der Waals surface area contributed by atoms with Crippen molar-refractivity contribution in [2.75, 3.05) is 4.90 Å². The van der Waals surface area contributed by atoms with E-state index in [1.54, 1.807) is 30.3 Å². The number of carbonyl (C=O) groups excluding carboxylic acids is 1. The summed E-state index contributed by atoms with van der Waals surface area (Å²) in [6.07, 6.45) is 0. The van der Waals surface area contributed by atoms with Gasteiger partial charge in [0.15, 0.2) is 5.43 Å². The van der Waals surface area contributed by atoms with E-state index in [-0.39, 0.29) is 22.5 Å². The molecule has 30 heavy (non-hydrogen) atoms. The van der Waals surface area contributed by atoms with Crippen molar-refractivity contribution in [3.8, 4) is 5.75 Å². The molecule has 5 nitrogen and oxygen atoms in total. The standard InChI is InChI=1S/C23H13BrFNO4/c24-13-4-9-18-17(11-13)21(28)19-20(12-2-1-3-16(27)10-12)26(23(29)22(19)30-18)15-7-5-14(25)6-8-15/h1-11,20,27H. The zero-order valence-corrected chi connectivity index (χ0v) is 16.9. The smallest absolute Gasteiger partial charge is 0.295 e. The topological polar surface area (TPSA) is 70.8 Å². The predicted octanol–water partition coefficient (Wildman–Crippen LogP) is 5.15. The third kappa shape index (κ3) is 2.81. The highest BCUT2D eigenvalue weighted by Crippen LogP contribution is 2.41. The van der Waals surface area contributed by atoms with Gasteiger partial charge in [-0.25, -0.2) is 4.39 Å². The van der Waals surface area contributed by atoms with E-state index in [1.807, 2.05) is 0 Å². The number of hydrogen-bond donors (Lipinski definition) is 1. The number of carbonyl (C=O) groups is 1. The largest absolute Gasteiger partial charge is 0.508 e. The summed E-state index contributed by atoms with van der Waals surface area (Å²) in [6.45, 7) is 0. The number of benzene rings is 3. The van der Waals surface area contributed by atoms with Gasteiger partial charge in [0.2, 0.25) is 5.76 Å². The molecule has 1 aliphatic heterocycles. The van der Waals surface area contributed by atoms with Gasteiger partial charge in [-0.05, 0) is 60.2 Å². The molecule has 3 aromatic carbocycles. The molecule has 1 atom stereocenters. The Bertz CT molecular complexity index is 1380. The molecule has 0 saturated heterocycles. The summed E-state index contributed by atoms with van der Waals surface area (Å²) in [5, 5.41) is 10.3. The van der Waals surface area contributed by atoms with Crippen LogP contribution in [0.5, 0.6) is 5.75 Å². The minimum Gasteiger partial charge on any atom is -0.508 e. The maximum atomic E-state index is 13.5. The van der Waals surface area contributed by atoms with Crippen LogP contribution in [-0.4, -0.2) is 11.0 Å². The Labute approximate surface area is 178 Å². The van der Waals surface area contributed by atoms with Crippen molar-refractivity contribution >= 4 is 38.5 Å². The minimum atomic E-state index is -0.829. The Morgan fingerprint density at radius 2 is 1.77 bits per heavy atom. The third-order valence-corrected chi connectivity index (χ3v) is 5.62. The fourth-order valence-corrected chi connectivity index (χ4v) is 4.18. The molecule has 1 aliphatic rings. The van der Waals surface area contributed by atoms with Crippen LogP contribution in [0, 0.1) is 5.82 Å². The van der Waals surface area contributed by atoms with Crippen molar-refractivity contribution in [1.82, 2.24) is 0 Å². The average Bonchev–Trinajstić information content (AvgIpc) is 3.02. The first-order chi connectivity index (χ1) is 14.4. The molecule has 0 radical (unpaired) electrons. The Kier molecular flexibility index (Phi) is 4.22. The highest BCUT2D eigenvalue weighted by atomic mass is 79.9. The van der Waals surface area contributed by atoms with E-state index in [0.717, 1.165) is 0 Å². The number of halogens is 2. The molecule has 0 fully saturated rings. The molecule has 0 saturated carbocycles. The lowest BCUT2D eigenvalue weighted by Gasteiger charge is -2.25. The molecule has 5 rings (SSSR count). The second-order valence-electron chi connectivity index (χ2n) is 6.96. The molecule has 2 heterocycles. The summed E-state index contributed by atoms with van der Waals surface area (Å²) in [5.41, 5.74) is 1.09. The average molecular weight is 466 g/mol. The summed E-state index contributed by atoms with van der Waals surface area (Å²) in [5.74, 6) is -1.01. The second-order valence-corrected chi connectivity index (χ2v) is 7.88. The highest BCUT2D eigenvalue weighted by Gasteiger charge is 2.43. The monoisotopic (exact) mass is 465 g/mol. The number of anilines is 1. The number of fused-ring (bicyclic) bond motifs is 2. The van der Waals surface area contributed by atoms with Gasteiger partial charge >= 0.3 is 0 Å². The van der Waals surface area contributed by atoms with Crippen molar-refractivity contribution < 1.29 is 18.7 Å². The molecular formula is C23H13BrFNO4. The SMILES string of the molecule is O=C1c2oc3ccc(Br)cc3c(=O)c2C(c2cccc(O)c2)N1c1ccc(F)cc1. The molecule has 1 N–H and O–H groups in total. The van der Waals surface area contributed by atoms with Gasteiger partial charge in [0.25, 0.3) is 5.91 Å². The Balaban J connectivity index is 1.83. The fourth-order valence-electron chi connectivity index (χ4n) is 3.82. The Morgan fingerprint density at radius 1 is 1.00 bits per heavy atom. The Hall–Kier alpha value is -3.45. The maximum absolute atomic E-state index is 13.5. The lowest BCUT2D eigenvalue weighted by molar-refractivity contribution is 0.0971. The van der Waals surface area contributed by atoms with E-state index in [2.05, 4.69) is 15.9 Å². The van der Waals surface area contributed by atoms with Crippen LogP contribution in [0.25, 0.3) is 11.0 Å². The number of phenolic OH excluding ortho intramolecular Hbond substituents is 1. The van der Waals surface area contributed by atoms with Gasteiger partial charge < -0.3 is 9.52 Å². The normalized spacial score (nSPS) is 15.6. The van der Waals surface area contributed by atoms with Crippen molar-refractivity contribution in [3.63, 3.8) is 0 Å². The van der Waals surface area contributed by atoms with Crippen molar-refractivity contribution in [1.29, 1.82) is 0 Å². The summed E-state index contributed by atoms with van der Waals surface area (Å²) in [7, 11) is 0. The molecule has 1 aromatic heterocycles. The number of hydrogen-bond acceptors (Lipinski definition) is 4. The third-order valence-electron chi connectivity index (χ3n) is 5.12. The van der Waals surface area contributed by atoms with Crippen LogP contribution in [0.15, 0.2) is 80.4 Å². The molecule has 4 aromatic rings. The fraction of sp³-hybridized carbons (Fsp3) is 0.0435. The molecule has 7 heteroatoms. The summed E-state index contributed by atoms with van der Waals surface area (Å²) in [4.78, 5) is 28.2. The van der Waals surface area contributed by atoms with E-state index in [0.29, 0.717) is 26.7 Å². The molecular weight excluding hydrogens is 453 g/mol. The summed E-state index contributed by atoms with van der Waals surface area (Å²) >= 11 is 3.36. The van der Waals surface area contributed by atoms with Crippen LogP contribution in [0.1, 0.15) is 27.7 Å². The van der Waals surface area contributed by atoms with Gasteiger partial charge in [0, 0.05) is 10.2 Å². The first-order valence-corrected chi connectivity index (χ1v) is 9.87. The van der Waals surface area contributed by atoms with E-state index < -0.39 is 17.8 Å². The highest BCUT2D eigenvalue weighted by molar-refractivity contribution is 9.10. The lowest BCUT2D eigenvalue weighted by Crippen LogP contribution is -2.29. The van der Waals surface area contributed by atoms with E-state index in [4.69, 9.17) is 4.42 Å². The maximum Gasteiger partial charge on any atom is 0.295 e. The molecule has 1 unspecified atom stereocenters. The summed E-state index contributed by atoms with van der Waals surface area (Å²) in [6, 6.07) is 15.9. The van der Waals surface area contributed by atoms with Gasteiger partial charge in [-0.2, -0.15) is 0 Å². The van der Waals surface area contributed by atoms with Crippen LogP contribution in [-0.2, 0) is 0 Å². The number of amides is 1. The van der Waals surface area contributed by atoms with Gasteiger partial charge in [0.1, 0.15) is 17.1 Å². The molecule has 148 valence electrons. The Morgan fingerprint density at radius 3 is 2.50 bits per heavy atom. The van der Waals surface area contributed by atoms with Crippen LogP contribution >= 0.6 is 15.9 Å². The quantitative estimate of drug-likeness (QED) is 0.444. The van der Waals surface area contributed by atoms with E-state index >= 15 is 0 Å². The number of aromatic hydroxyl groups is 1. The molecule has 1 amide bonds. The first-order valence-electron chi connectivity index (χ1n) is 9.08. The number of nitrogens with zero attached hydrogens (tertiary/aromatic N) is 1. The van der Waals surface area contributed by atoms with Gasteiger partial charge in [-0.3, -0.25) is 14.5 Å². The minimum absolute atomic E-state index is 0.000349. The second kappa shape index (κ2) is 6.81. The molecule has 0 aliphatic carbocycles. The number of rotatable bonds is 2. The van der Waals surface area contributed by atoms with Crippen LogP contribution in [0.4, 0.5) is 10.1 Å². The van der Waals surface area contributed by atoms with Crippen LogP contribution < -0.4 is 10.3 Å². The first kappa shape index (κ1) is 18.6. The molecule has 0 spiro atoms. The zero-order valence-electron chi connectivity index (χ0n) is 15.3. The predicted molar refractivity (Wildman–Crippen MR) is 113 cm³/mol. The van der Waals surface area contributed by atoms with E-state index in [1.165, 1.54) is 41.3 Å². The van der Waals surface area contributed by atoms with Gasteiger partial charge in [-0.15, -0.1) is 0 Å². The van der Waals surface area contributed by atoms with Crippen molar-refractivity contribution in [2.45, 2.75) is 6.04 Å². The van der Waals surface area contributed by atoms with Crippen molar-refractivity contribution in [3.05, 3.63) is 104 Å².